The van der Waals surface area contributed by atoms with E-state index in [9.17, 15) is 4.79 Å². The first kappa shape index (κ1) is 19.3. The highest BCUT2D eigenvalue weighted by atomic mass is 35.5. The van der Waals surface area contributed by atoms with Gasteiger partial charge in [0, 0.05) is 29.5 Å². The van der Waals surface area contributed by atoms with Crippen molar-refractivity contribution in [2.24, 2.45) is 0 Å². The fourth-order valence-corrected chi connectivity index (χ4v) is 4.61. The molecule has 1 aliphatic carbocycles. The molecule has 1 amide bonds. The van der Waals surface area contributed by atoms with E-state index in [0.29, 0.717) is 5.02 Å². The molecule has 1 aliphatic heterocycles. The summed E-state index contributed by atoms with van der Waals surface area (Å²) in [5.41, 5.74) is 2.55. The number of halogens is 1. The Hall–Kier alpha value is -2.04. The van der Waals surface area contributed by atoms with E-state index in [0.717, 1.165) is 63.2 Å². The highest BCUT2D eigenvalue weighted by molar-refractivity contribution is 6.30. The van der Waals surface area contributed by atoms with Crippen LogP contribution in [0, 0.1) is 0 Å². The molecule has 2 fully saturated rings. The second-order valence-corrected chi connectivity index (χ2v) is 8.19. The number of nitrogens with one attached hydrogen (secondary N) is 1. The van der Waals surface area contributed by atoms with Crippen LogP contribution in [0.3, 0.4) is 0 Å². The number of carbonyl (C=O) groups is 1. The molecule has 0 bridgehead atoms. The first-order chi connectivity index (χ1) is 13.7. The predicted octanol–water partition coefficient (Wildman–Crippen LogP) is 5.02. The molecule has 2 aromatic rings. The summed E-state index contributed by atoms with van der Waals surface area (Å²) in [5, 5.41) is 3.86. The van der Waals surface area contributed by atoms with Crippen LogP contribution in [0.2, 0.25) is 5.02 Å². The Bertz CT molecular complexity index is 810. The molecule has 148 valence electrons. The summed E-state index contributed by atoms with van der Waals surface area (Å²) in [7, 11) is 0. The second-order valence-electron chi connectivity index (χ2n) is 7.75. The van der Waals surface area contributed by atoms with Crippen LogP contribution >= 0.6 is 11.6 Å². The third kappa shape index (κ3) is 4.03. The molecule has 2 aliphatic rings. The Morgan fingerprint density at radius 1 is 1.00 bits per heavy atom. The van der Waals surface area contributed by atoms with Gasteiger partial charge >= 0.3 is 0 Å². The minimum absolute atomic E-state index is 0.0774. The monoisotopic (exact) mass is 398 g/mol. The number of nitrogens with zero attached hydrogens (tertiary/aromatic N) is 1. The summed E-state index contributed by atoms with van der Waals surface area (Å²) < 4.78 is 5.42. The van der Waals surface area contributed by atoms with Crippen LogP contribution in [0.1, 0.15) is 37.7 Å². The third-order valence-electron chi connectivity index (χ3n) is 6.02. The van der Waals surface area contributed by atoms with Crippen LogP contribution in [0.25, 0.3) is 0 Å². The van der Waals surface area contributed by atoms with Crippen LogP contribution in [-0.4, -0.2) is 32.2 Å². The topological polar surface area (TPSA) is 41.6 Å². The van der Waals surface area contributed by atoms with E-state index >= 15 is 0 Å². The summed E-state index contributed by atoms with van der Waals surface area (Å²) in [6.45, 7) is 3.34. The van der Waals surface area contributed by atoms with Crippen LogP contribution in [0.4, 0.5) is 11.4 Å². The Morgan fingerprint density at radius 3 is 2.39 bits per heavy atom. The zero-order valence-corrected chi connectivity index (χ0v) is 16.9. The number of anilines is 2. The number of morpholine rings is 1. The van der Waals surface area contributed by atoms with Crippen LogP contribution in [-0.2, 0) is 14.9 Å². The van der Waals surface area contributed by atoms with E-state index in [-0.39, 0.29) is 5.91 Å². The molecule has 0 unspecified atom stereocenters. The van der Waals surface area contributed by atoms with Gasteiger partial charge in [0.2, 0.25) is 5.91 Å². The lowest BCUT2D eigenvalue weighted by molar-refractivity contribution is -0.122. The molecule has 4 rings (SSSR count). The minimum atomic E-state index is -0.494. The number of hydrogen-bond donors (Lipinski definition) is 1. The molecule has 28 heavy (non-hydrogen) atoms. The van der Waals surface area contributed by atoms with Gasteiger partial charge in [-0.15, -0.1) is 0 Å². The van der Waals surface area contributed by atoms with E-state index < -0.39 is 5.41 Å². The smallest absolute Gasteiger partial charge is 0.235 e. The fourth-order valence-electron chi connectivity index (χ4n) is 4.42. The number of amides is 1. The lowest BCUT2D eigenvalue weighted by Gasteiger charge is -2.36. The van der Waals surface area contributed by atoms with E-state index in [1.54, 1.807) is 0 Å². The van der Waals surface area contributed by atoms with Gasteiger partial charge in [-0.1, -0.05) is 43.0 Å². The van der Waals surface area contributed by atoms with Crippen molar-refractivity contribution in [1.29, 1.82) is 0 Å². The van der Waals surface area contributed by atoms with E-state index in [1.165, 1.54) is 12.1 Å². The predicted molar refractivity (Wildman–Crippen MR) is 114 cm³/mol. The first-order valence-corrected chi connectivity index (χ1v) is 10.6. The maximum atomic E-state index is 13.4. The van der Waals surface area contributed by atoms with Gasteiger partial charge in [-0.2, -0.15) is 0 Å². The molecule has 1 N–H and O–H groups in total. The highest BCUT2D eigenvalue weighted by Crippen LogP contribution is 2.41. The van der Waals surface area contributed by atoms with Crippen LogP contribution in [0.15, 0.2) is 48.5 Å². The van der Waals surface area contributed by atoms with E-state index in [2.05, 4.69) is 22.3 Å². The van der Waals surface area contributed by atoms with Crippen LogP contribution < -0.4 is 10.2 Å². The van der Waals surface area contributed by atoms with Gasteiger partial charge in [-0.05, 0) is 54.8 Å². The summed E-state index contributed by atoms with van der Waals surface area (Å²) >= 11 is 6.24. The van der Waals surface area contributed by atoms with Crippen molar-refractivity contribution in [3.63, 3.8) is 0 Å². The Labute approximate surface area is 171 Å². The summed E-state index contributed by atoms with van der Waals surface area (Å²) in [5.74, 6) is 0.0774. The largest absolute Gasteiger partial charge is 0.378 e. The van der Waals surface area contributed by atoms with E-state index in [1.807, 2.05) is 36.4 Å². The van der Waals surface area contributed by atoms with Crippen molar-refractivity contribution in [2.45, 2.75) is 37.5 Å². The van der Waals surface area contributed by atoms with Gasteiger partial charge in [-0.3, -0.25) is 4.79 Å². The van der Waals surface area contributed by atoms with Gasteiger partial charge in [0.05, 0.1) is 18.6 Å². The summed E-state index contributed by atoms with van der Waals surface area (Å²) in [4.78, 5) is 15.7. The molecular formula is C23H27ClN2O2. The summed E-state index contributed by atoms with van der Waals surface area (Å²) in [6, 6.07) is 15.9. The lowest BCUT2D eigenvalue weighted by atomic mass is 9.68. The standard InChI is InChI=1S/C23H27ClN2O2/c24-19-6-4-5-18(17-19)23(11-2-1-3-12-23)22(27)25-20-7-9-21(10-8-20)26-13-15-28-16-14-26/h4-10,17H,1-3,11-16H2,(H,25,27). The van der Waals surface area contributed by atoms with Crippen molar-refractivity contribution in [3.8, 4) is 0 Å². The maximum Gasteiger partial charge on any atom is 0.235 e. The quantitative estimate of drug-likeness (QED) is 0.786. The normalized spacial score (nSPS) is 19.2. The van der Waals surface area contributed by atoms with Crippen LogP contribution in [0.5, 0.6) is 0 Å². The minimum Gasteiger partial charge on any atom is -0.378 e. The molecule has 5 heteroatoms. The van der Waals surface area contributed by atoms with Crippen molar-refractivity contribution in [3.05, 3.63) is 59.1 Å². The molecule has 0 radical (unpaired) electrons. The molecule has 1 saturated heterocycles. The van der Waals surface area contributed by atoms with E-state index in [4.69, 9.17) is 16.3 Å². The molecule has 0 spiro atoms. The molecule has 0 aromatic heterocycles. The average molecular weight is 399 g/mol. The zero-order chi connectivity index (χ0) is 19.4. The molecule has 0 atom stereocenters. The SMILES string of the molecule is O=C(Nc1ccc(N2CCOCC2)cc1)C1(c2cccc(Cl)c2)CCCCC1. The van der Waals surface area contributed by atoms with Gasteiger partial charge in [0.1, 0.15) is 0 Å². The van der Waals surface area contributed by atoms with Gasteiger partial charge in [-0.25, -0.2) is 0 Å². The molecule has 4 nitrogen and oxygen atoms in total. The maximum absolute atomic E-state index is 13.4. The van der Waals surface area contributed by atoms with Gasteiger partial charge in [0.25, 0.3) is 0 Å². The van der Waals surface area contributed by atoms with Crippen molar-refractivity contribution in [2.75, 3.05) is 36.5 Å². The lowest BCUT2D eigenvalue weighted by Crippen LogP contribution is -2.42. The second kappa shape index (κ2) is 8.54. The number of hydrogen-bond acceptors (Lipinski definition) is 3. The molecule has 1 saturated carbocycles. The zero-order valence-electron chi connectivity index (χ0n) is 16.1. The van der Waals surface area contributed by atoms with Gasteiger partial charge in [0.15, 0.2) is 0 Å². The number of carbonyl (C=O) groups excluding carboxylic acids is 1. The Balaban J connectivity index is 1.53. The van der Waals surface area contributed by atoms with Crippen molar-refractivity contribution in [1.82, 2.24) is 0 Å². The van der Waals surface area contributed by atoms with Gasteiger partial charge < -0.3 is 15.0 Å². The molecule has 2 aromatic carbocycles. The van der Waals surface area contributed by atoms with Crippen molar-refractivity contribution >= 4 is 28.9 Å². The summed E-state index contributed by atoms with van der Waals surface area (Å²) in [6.07, 6.45) is 5.05. The Kier molecular flexibility index (Phi) is 5.88. The van der Waals surface area contributed by atoms with Crippen molar-refractivity contribution < 1.29 is 9.53 Å². The fraction of sp³-hybridized carbons (Fsp3) is 0.435. The third-order valence-corrected chi connectivity index (χ3v) is 6.26. The number of benzene rings is 2. The molecule has 1 heterocycles. The Morgan fingerprint density at radius 2 is 1.71 bits per heavy atom. The number of ether oxygens (including phenoxy) is 1. The molecular weight excluding hydrogens is 372 g/mol. The average Bonchev–Trinajstić information content (AvgIpc) is 2.75. The number of rotatable bonds is 4. The highest BCUT2D eigenvalue weighted by Gasteiger charge is 2.41. The first-order valence-electron chi connectivity index (χ1n) is 10.2.